The quantitative estimate of drug-likeness (QED) is 0.712. The lowest BCUT2D eigenvalue weighted by Crippen LogP contribution is -2.34. The number of benzene rings is 2. The molecule has 1 unspecified atom stereocenters. The maximum Gasteiger partial charge on any atom is 0.225 e. The Bertz CT molecular complexity index is 762. The van der Waals surface area contributed by atoms with E-state index in [0.29, 0.717) is 26.1 Å². The van der Waals surface area contributed by atoms with Gasteiger partial charge in [0.05, 0.1) is 5.92 Å². The number of carbonyl (C=O) groups excluding carboxylic acids is 2. The van der Waals surface area contributed by atoms with E-state index in [1.165, 1.54) is 11.1 Å². The average Bonchev–Trinajstić information content (AvgIpc) is 3.04. The smallest absolute Gasteiger partial charge is 0.225 e. The fraction of sp³-hybridized carbons (Fsp3) is 0.364. The van der Waals surface area contributed by atoms with Crippen LogP contribution in [-0.4, -0.2) is 35.6 Å². The van der Waals surface area contributed by atoms with Gasteiger partial charge in [-0.1, -0.05) is 60.2 Å². The lowest BCUT2D eigenvalue weighted by Gasteiger charge is -2.17. The molecule has 1 aliphatic heterocycles. The summed E-state index contributed by atoms with van der Waals surface area (Å²) < 4.78 is 0. The Morgan fingerprint density at radius 2 is 1.85 bits per heavy atom. The van der Waals surface area contributed by atoms with Crippen LogP contribution in [0, 0.1) is 12.8 Å². The van der Waals surface area contributed by atoms with Gasteiger partial charge in [-0.2, -0.15) is 11.8 Å². The van der Waals surface area contributed by atoms with Gasteiger partial charge in [-0.3, -0.25) is 9.59 Å². The summed E-state index contributed by atoms with van der Waals surface area (Å²) in [7, 11) is 0. The molecule has 5 heteroatoms. The summed E-state index contributed by atoms with van der Waals surface area (Å²) in [6.45, 7) is 3.77. The molecule has 1 atom stereocenters. The summed E-state index contributed by atoms with van der Waals surface area (Å²) in [5.74, 6) is 1.64. The van der Waals surface area contributed by atoms with Gasteiger partial charge in [-0.05, 0) is 18.1 Å². The van der Waals surface area contributed by atoms with E-state index in [4.69, 9.17) is 0 Å². The topological polar surface area (TPSA) is 49.4 Å². The Balaban J connectivity index is 1.37. The van der Waals surface area contributed by atoms with Crippen LogP contribution in [0.4, 0.5) is 0 Å². The SMILES string of the molecule is Cc1ccc(CN2CC(C(=O)NCCSCc3ccccc3)CC2=O)cc1. The fourth-order valence-corrected chi connectivity index (χ4v) is 3.99. The van der Waals surface area contributed by atoms with E-state index in [-0.39, 0.29) is 17.7 Å². The number of hydrogen-bond acceptors (Lipinski definition) is 3. The second-order valence-electron chi connectivity index (χ2n) is 6.99. The van der Waals surface area contributed by atoms with Crippen molar-refractivity contribution < 1.29 is 9.59 Å². The van der Waals surface area contributed by atoms with Gasteiger partial charge in [0, 0.05) is 37.6 Å². The molecule has 27 heavy (non-hydrogen) atoms. The maximum absolute atomic E-state index is 12.4. The van der Waals surface area contributed by atoms with E-state index in [1.807, 2.05) is 49.4 Å². The van der Waals surface area contributed by atoms with Crippen LogP contribution in [0.2, 0.25) is 0 Å². The molecular weight excluding hydrogens is 356 g/mol. The molecule has 2 aromatic rings. The van der Waals surface area contributed by atoms with E-state index in [0.717, 1.165) is 17.1 Å². The molecule has 0 aliphatic carbocycles. The third-order valence-electron chi connectivity index (χ3n) is 4.74. The van der Waals surface area contributed by atoms with Crippen molar-refractivity contribution in [3.05, 3.63) is 71.3 Å². The van der Waals surface area contributed by atoms with Gasteiger partial charge in [-0.15, -0.1) is 0 Å². The summed E-state index contributed by atoms with van der Waals surface area (Å²) >= 11 is 1.80. The van der Waals surface area contributed by atoms with E-state index in [9.17, 15) is 9.59 Å². The van der Waals surface area contributed by atoms with Crippen molar-refractivity contribution in [3.63, 3.8) is 0 Å². The van der Waals surface area contributed by atoms with Gasteiger partial charge >= 0.3 is 0 Å². The maximum atomic E-state index is 12.4. The first kappa shape index (κ1) is 19.5. The first-order valence-electron chi connectivity index (χ1n) is 9.34. The van der Waals surface area contributed by atoms with Crippen LogP contribution in [-0.2, 0) is 21.9 Å². The Morgan fingerprint density at radius 3 is 2.59 bits per heavy atom. The van der Waals surface area contributed by atoms with Crippen molar-refractivity contribution in [2.75, 3.05) is 18.8 Å². The zero-order valence-corrected chi connectivity index (χ0v) is 16.5. The molecule has 1 N–H and O–H groups in total. The summed E-state index contributed by atoms with van der Waals surface area (Å²) in [5, 5.41) is 2.98. The molecule has 1 aliphatic rings. The largest absolute Gasteiger partial charge is 0.355 e. The third-order valence-corrected chi connectivity index (χ3v) is 5.77. The van der Waals surface area contributed by atoms with Gasteiger partial charge in [0.2, 0.25) is 11.8 Å². The minimum Gasteiger partial charge on any atom is -0.355 e. The van der Waals surface area contributed by atoms with Crippen molar-refractivity contribution in [1.29, 1.82) is 0 Å². The Labute approximate surface area is 165 Å². The molecular formula is C22H26N2O2S. The number of rotatable bonds is 8. The van der Waals surface area contributed by atoms with Crippen LogP contribution < -0.4 is 5.32 Å². The number of thioether (sulfide) groups is 1. The van der Waals surface area contributed by atoms with E-state index in [1.54, 1.807) is 16.7 Å². The van der Waals surface area contributed by atoms with Gasteiger partial charge < -0.3 is 10.2 Å². The number of hydrogen-bond donors (Lipinski definition) is 1. The highest BCUT2D eigenvalue weighted by molar-refractivity contribution is 7.98. The van der Waals surface area contributed by atoms with E-state index >= 15 is 0 Å². The first-order valence-corrected chi connectivity index (χ1v) is 10.5. The number of amides is 2. The highest BCUT2D eigenvalue weighted by Crippen LogP contribution is 2.20. The molecule has 0 saturated carbocycles. The van der Waals surface area contributed by atoms with Gasteiger partial charge in [0.15, 0.2) is 0 Å². The van der Waals surface area contributed by atoms with Crippen molar-refractivity contribution in [3.8, 4) is 0 Å². The third kappa shape index (κ3) is 5.86. The highest BCUT2D eigenvalue weighted by Gasteiger charge is 2.33. The molecule has 3 rings (SSSR count). The molecule has 0 radical (unpaired) electrons. The number of aryl methyl sites for hydroxylation is 1. The molecule has 0 bridgehead atoms. The molecule has 142 valence electrons. The summed E-state index contributed by atoms with van der Waals surface area (Å²) in [4.78, 5) is 26.4. The molecule has 4 nitrogen and oxygen atoms in total. The minimum atomic E-state index is -0.234. The lowest BCUT2D eigenvalue weighted by molar-refractivity contribution is -0.129. The molecule has 0 aromatic heterocycles. The van der Waals surface area contributed by atoms with Crippen molar-refractivity contribution in [1.82, 2.24) is 10.2 Å². The van der Waals surface area contributed by atoms with Crippen LogP contribution in [0.25, 0.3) is 0 Å². The Hall–Kier alpha value is -2.27. The van der Waals surface area contributed by atoms with Crippen molar-refractivity contribution in [2.45, 2.75) is 25.6 Å². The lowest BCUT2D eigenvalue weighted by atomic mass is 10.1. The Kier molecular flexibility index (Phi) is 6.93. The van der Waals surface area contributed by atoms with Crippen LogP contribution in [0.1, 0.15) is 23.1 Å². The summed E-state index contributed by atoms with van der Waals surface area (Å²) in [5.41, 5.74) is 3.60. The molecule has 1 heterocycles. The van der Waals surface area contributed by atoms with Crippen LogP contribution in [0.3, 0.4) is 0 Å². The predicted octanol–water partition coefficient (Wildman–Crippen LogP) is 3.39. The molecule has 0 spiro atoms. The van der Waals surface area contributed by atoms with Gasteiger partial charge in [-0.25, -0.2) is 0 Å². The minimum absolute atomic E-state index is 0.00457. The van der Waals surface area contributed by atoms with Gasteiger partial charge in [0.1, 0.15) is 0 Å². The highest BCUT2D eigenvalue weighted by atomic mass is 32.2. The van der Waals surface area contributed by atoms with Crippen LogP contribution in [0.5, 0.6) is 0 Å². The fourth-order valence-electron chi connectivity index (χ4n) is 3.17. The van der Waals surface area contributed by atoms with E-state index in [2.05, 4.69) is 17.4 Å². The first-order chi connectivity index (χ1) is 13.1. The van der Waals surface area contributed by atoms with Crippen molar-refractivity contribution >= 4 is 23.6 Å². The molecule has 2 aromatic carbocycles. The monoisotopic (exact) mass is 382 g/mol. The number of carbonyl (C=O) groups is 2. The molecule has 1 saturated heterocycles. The second kappa shape index (κ2) is 9.60. The zero-order valence-electron chi connectivity index (χ0n) is 15.7. The molecule has 2 amide bonds. The van der Waals surface area contributed by atoms with Gasteiger partial charge in [0.25, 0.3) is 0 Å². The van der Waals surface area contributed by atoms with Crippen LogP contribution in [0.15, 0.2) is 54.6 Å². The van der Waals surface area contributed by atoms with Crippen molar-refractivity contribution in [2.24, 2.45) is 5.92 Å². The number of likely N-dealkylation sites (tertiary alicyclic amines) is 1. The van der Waals surface area contributed by atoms with E-state index < -0.39 is 0 Å². The standard InChI is InChI=1S/C22H26N2O2S/c1-17-7-9-18(10-8-17)14-24-15-20(13-21(24)25)22(26)23-11-12-27-16-19-5-3-2-4-6-19/h2-10,20H,11-16H2,1H3,(H,23,26). The zero-order chi connectivity index (χ0) is 19.1. The number of nitrogens with zero attached hydrogens (tertiary/aromatic N) is 1. The second-order valence-corrected chi connectivity index (χ2v) is 8.10. The Morgan fingerprint density at radius 1 is 1.11 bits per heavy atom. The summed E-state index contributed by atoms with van der Waals surface area (Å²) in [6.07, 6.45) is 0.314. The number of nitrogens with one attached hydrogen (secondary N) is 1. The summed E-state index contributed by atoms with van der Waals surface area (Å²) in [6, 6.07) is 18.5. The van der Waals surface area contributed by atoms with Crippen LogP contribution >= 0.6 is 11.8 Å². The molecule has 1 fully saturated rings. The average molecular weight is 383 g/mol. The predicted molar refractivity (Wildman–Crippen MR) is 110 cm³/mol. The normalized spacial score (nSPS) is 16.6.